The summed E-state index contributed by atoms with van der Waals surface area (Å²) in [5.41, 5.74) is 0.738. The van der Waals surface area contributed by atoms with E-state index in [1.165, 1.54) is 0 Å². The number of carbonyl (C=O) groups is 1. The molecule has 4 nitrogen and oxygen atoms in total. The van der Waals surface area contributed by atoms with Gasteiger partial charge in [-0.05, 0) is 45.9 Å². The highest BCUT2D eigenvalue weighted by atomic mass is 16.6. The van der Waals surface area contributed by atoms with Gasteiger partial charge in [0.05, 0.1) is 27.7 Å². The Balaban J connectivity index is 3.33. The lowest BCUT2D eigenvalue weighted by Gasteiger charge is -2.37. The van der Waals surface area contributed by atoms with E-state index in [2.05, 4.69) is 26.5 Å². The smallest absolute Gasteiger partial charge is 0.331 e. The molecule has 1 rings (SSSR count). The van der Waals surface area contributed by atoms with Gasteiger partial charge in [-0.1, -0.05) is 24.3 Å². The molecule has 1 aromatic rings. The van der Waals surface area contributed by atoms with Crippen molar-refractivity contribution >= 4 is 5.97 Å². The van der Waals surface area contributed by atoms with Gasteiger partial charge in [0.1, 0.15) is 11.1 Å². The van der Waals surface area contributed by atoms with Gasteiger partial charge in [0.15, 0.2) is 0 Å². The van der Waals surface area contributed by atoms with Gasteiger partial charge >= 0.3 is 5.97 Å². The van der Waals surface area contributed by atoms with Crippen LogP contribution in [0.2, 0.25) is 0 Å². The Morgan fingerprint density at radius 3 is 2.17 bits per heavy atom. The van der Waals surface area contributed by atoms with Crippen LogP contribution in [0.1, 0.15) is 38.3 Å². The summed E-state index contributed by atoms with van der Waals surface area (Å²) in [6.45, 7) is 8.61. The Labute approximate surface area is 141 Å². The molecule has 0 heterocycles. The van der Waals surface area contributed by atoms with Crippen LogP contribution in [0, 0.1) is 6.92 Å². The maximum absolute atomic E-state index is 13.1. The first-order chi connectivity index (χ1) is 10.4. The lowest BCUT2D eigenvalue weighted by Crippen LogP contribution is -2.53. The van der Waals surface area contributed by atoms with E-state index in [9.17, 15) is 4.79 Å². The van der Waals surface area contributed by atoms with Gasteiger partial charge < -0.3 is 14.5 Å². The zero-order chi connectivity index (χ0) is 17.9. The fourth-order valence-corrected chi connectivity index (χ4v) is 2.63. The number of ether oxygens (including phenoxy) is 1. The third-order valence-corrected chi connectivity index (χ3v) is 3.94. The molecule has 23 heavy (non-hydrogen) atoms. The summed E-state index contributed by atoms with van der Waals surface area (Å²) in [5, 5.41) is 3.28. The van der Waals surface area contributed by atoms with Gasteiger partial charge in [0.2, 0.25) is 0 Å². The second-order valence-electron chi connectivity index (χ2n) is 8.24. The molecule has 0 amide bonds. The van der Waals surface area contributed by atoms with Crippen LogP contribution < -0.4 is 5.32 Å². The van der Waals surface area contributed by atoms with Crippen molar-refractivity contribution in [3.05, 3.63) is 35.4 Å². The summed E-state index contributed by atoms with van der Waals surface area (Å²) in [6.07, 6.45) is 0.673. The van der Waals surface area contributed by atoms with Crippen molar-refractivity contribution in [1.29, 1.82) is 0 Å². The lowest BCUT2D eigenvalue weighted by molar-refractivity contribution is -0.871. The van der Waals surface area contributed by atoms with Crippen LogP contribution in [0.3, 0.4) is 0 Å². The van der Waals surface area contributed by atoms with E-state index in [1.54, 1.807) is 0 Å². The average molecular weight is 321 g/mol. The molecule has 0 radical (unpaired) electrons. The Morgan fingerprint density at radius 1 is 1.17 bits per heavy atom. The van der Waals surface area contributed by atoms with E-state index in [-0.39, 0.29) is 5.97 Å². The predicted molar refractivity (Wildman–Crippen MR) is 95.3 cm³/mol. The first-order valence-corrected chi connectivity index (χ1v) is 8.20. The summed E-state index contributed by atoms with van der Waals surface area (Å²) in [7, 11) is 8.24. The summed E-state index contributed by atoms with van der Waals surface area (Å²) in [6, 6.07) is 8.03. The monoisotopic (exact) mass is 321 g/mol. The lowest BCUT2D eigenvalue weighted by atomic mass is 9.83. The van der Waals surface area contributed by atoms with Crippen LogP contribution in [0.25, 0.3) is 0 Å². The van der Waals surface area contributed by atoms with Crippen molar-refractivity contribution in [3.8, 4) is 0 Å². The van der Waals surface area contributed by atoms with Crippen LogP contribution in [-0.2, 0) is 15.1 Å². The number of quaternary nitrogens is 1. The highest BCUT2D eigenvalue weighted by Crippen LogP contribution is 2.31. The van der Waals surface area contributed by atoms with Gasteiger partial charge in [-0.3, -0.25) is 0 Å². The predicted octanol–water partition coefficient (Wildman–Crippen LogP) is 2.85. The van der Waals surface area contributed by atoms with E-state index < -0.39 is 11.1 Å². The van der Waals surface area contributed by atoms with Gasteiger partial charge in [-0.25, -0.2) is 4.79 Å². The maximum atomic E-state index is 13.1. The molecule has 4 heteroatoms. The van der Waals surface area contributed by atoms with Crippen molar-refractivity contribution in [1.82, 2.24) is 5.32 Å². The molecular formula is C19H33N2O2+. The molecule has 1 N–H and O–H groups in total. The molecule has 0 saturated heterocycles. The fraction of sp³-hybridized carbons (Fsp3) is 0.632. The third-order valence-electron chi connectivity index (χ3n) is 3.94. The van der Waals surface area contributed by atoms with Crippen molar-refractivity contribution in [2.75, 3.05) is 34.7 Å². The van der Waals surface area contributed by atoms with Crippen molar-refractivity contribution in [3.63, 3.8) is 0 Å². The second kappa shape index (κ2) is 7.02. The zero-order valence-corrected chi connectivity index (χ0v) is 16.0. The van der Waals surface area contributed by atoms with Crippen LogP contribution in [-0.4, -0.2) is 50.8 Å². The molecular weight excluding hydrogens is 288 g/mol. The number of hydrogen-bond donors (Lipinski definition) is 1. The number of carbonyl (C=O) groups excluding carboxylic acids is 1. The first-order valence-electron chi connectivity index (χ1n) is 8.20. The summed E-state index contributed by atoms with van der Waals surface area (Å²) < 4.78 is 6.55. The number of rotatable bonds is 6. The van der Waals surface area contributed by atoms with E-state index in [0.717, 1.165) is 22.2 Å². The summed E-state index contributed by atoms with van der Waals surface area (Å²) in [4.78, 5) is 13.1. The van der Waals surface area contributed by atoms with Crippen molar-refractivity contribution in [2.24, 2.45) is 0 Å². The molecule has 0 aliphatic heterocycles. The van der Waals surface area contributed by atoms with E-state index in [4.69, 9.17) is 4.74 Å². The SMILES string of the molecule is CN[C@](CC[N+](C)(C)C)(C(=O)OC(C)(C)C)c1ccccc1C. The first kappa shape index (κ1) is 19.7. The molecule has 0 aliphatic carbocycles. The van der Waals surface area contributed by atoms with Crippen LogP contribution in [0.4, 0.5) is 0 Å². The van der Waals surface area contributed by atoms with Gasteiger partial charge in [0.25, 0.3) is 0 Å². The standard InChI is InChI=1S/C19H33N2O2/c1-15-11-9-10-12-16(15)19(20-5,13-14-21(6,7)8)17(22)23-18(2,3)4/h9-12,20H,13-14H2,1-8H3/q+1/t19-/m0/s1. The molecule has 0 spiro atoms. The quantitative estimate of drug-likeness (QED) is 0.647. The minimum atomic E-state index is -0.829. The van der Waals surface area contributed by atoms with E-state index in [1.807, 2.05) is 59.0 Å². The maximum Gasteiger partial charge on any atom is 0.331 e. The average Bonchev–Trinajstić information content (AvgIpc) is 2.38. The Bertz CT molecular complexity index is 541. The van der Waals surface area contributed by atoms with E-state index in [0.29, 0.717) is 6.42 Å². The molecule has 0 fully saturated rings. The van der Waals surface area contributed by atoms with E-state index >= 15 is 0 Å². The minimum absolute atomic E-state index is 0.213. The number of aryl methyl sites for hydroxylation is 1. The number of nitrogens with one attached hydrogen (secondary N) is 1. The number of nitrogens with zero attached hydrogens (tertiary/aromatic N) is 1. The molecule has 130 valence electrons. The zero-order valence-electron chi connectivity index (χ0n) is 16.0. The normalized spacial score (nSPS) is 15.1. The number of benzene rings is 1. The highest BCUT2D eigenvalue weighted by molar-refractivity contribution is 5.83. The fourth-order valence-electron chi connectivity index (χ4n) is 2.63. The van der Waals surface area contributed by atoms with Crippen LogP contribution in [0.5, 0.6) is 0 Å². The van der Waals surface area contributed by atoms with Crippen molar-refractivity contribution in [2.45, 2.75) is 45.3 Å². The molecule has 0 bridgehead atoms. The number of esters is 1. The minimum Gasteiger partial charge on any atom is -0.458 e. The van der Waals surface area contributed by atoms with Crippen LogP contribution in [0.15, 0.2) is 24.3 Å². The number of hydrogen-bond acceptors (Lipinski definition) is 3. The van der Waals surface area contributed by atoms with Gasteiger partial charge in [-0.2, -0.15) is 0 Å². The molecule has 0 unspecified atom stereocenters. The highest BCUT2D eigenvalue weighted by Gasteiger charge is 2.44. The molecule has 1 atom stereocenters. The molecule has 0 aromatic heterocycles. The molecule has 1 aromatic carbocycles. The molecule has 0 saturated carbocycles. The van der Waals surface area contributed by atoms with Gasteiger partial charge in [0, 0.05) is 6.42 Å². The summed E-state index contributed by atoms with van der Waals surface area (Å²) >= 11 is 0. The Kier molecular flexibility index (Phi) is 6.00. The van der Waals surface area contributed by atoms with Gasteiger partial charge in [-0.15, -0.1) is 0 Å². The Hall–Kier alpha value is -1.39. The number of likely N-dealkylation sites (N-methyl/N-ethyl adjacent to an activating group) is 1. The topological polar surface area (TPSA) is 38.3 Å². The Morgan fingerprint density at radius 2 is 1.74 bits per heavy atom. The third kappa shape index (κ3) is 5.33. The largest absolute Gasteiger partial charge is 0.458 e. The molecule has 0 aliphatic rings. The second-order valence-corrected chi connectivity index (χ2v) is 8.24. The van der Waals surface area contributed by atoms with Crippen molar-refractivity contribution < 1.29 is 14.0 Å². The summed E-state index contributed by atoms with van der Waals surface area (Å²) in [5.74, 6) is -0.213. The van der Waals surface area contributed by atoms with Crippen LogP contribution >= 0.6 is 0 Å².